The van der Waals surface area contributed by atoms with Gasteiger partial charge in [-0.1, -0.05) is 12.1 Å². The standard InChI is InChI=1S/C19H20N4O6S/c1-28-14-5-3-4-12(10-14)17(24)11-16(18(25)29-2)22-13-6-8-15(9-7-13)30(26,27)23-19(20)21/h3-11,22H,1-2H3,(H4,20,21,23)/b16-11-. The SMILES string of the molecule is COC(=O)/C(=C/C(=O)c1cccc(OC)c1)Nc1ccc(S(=O)(=O)N=C(N)N)cc1. The third-order valence-corrected chi connectivity index (χ3v) is 5.01. The molecule has 0 aliphatic carbocycles. The monoisotopic (exact) mass is 432 g/mol. The summed E-state index contributed by atoms with van der Waals surface area (Å²) in [4.78, 5) is 24.5. The number of carbonyl (C=O) groups is 2. The lowest BCUT2D eigenvalue weighted by Gasteiger charge is -2.10. The molecule has 0 aliphatic rings. The Labute approximate surface area is 173 Å². The molecule has 30 heavy (non-hydrogen) atoms. The van der Waals surface area contributed by atoms with Crippen molar-refractivity contribution in [1.82, 2.24) is 0 Å². The predicted molar refractivity (Wildman–Crippen MR) is 110 cm³/mol. The first-order chi connectivity index (χ1) is 14.2. The number of benzene rings is 2. The number of nitrogens with zero attached hydrogens (tertiary/aromatic N) is 1. The second-order valence-corrected chi connectivity index (χ2v) is 7.39. The van der Waals surface area contributed by atoms with Crippen molar-refractivity contribution in [2.75, 3.05) is 19.5 Å². The van der Waals surface area contributed by atoms with Gasteiger partial charge in [0.15, 0.2) is 5.78 Å². The van der Waals surface area contributed by atoms with Gasteiger partial charge in [0.2, 0.25) is 5.96 Å². The summed E-state index contributed by atoms with van der Waals surface area (Å²) >= 11 is 0. The molecule has 11 heteroatoms. The highest BCUT2D eigenvalue weighted by atomic mass is 32.2. The highest BCUT2D eigenvalue weighted by Gasteiger charge is 2.16. The van der Waals surface area contributed by atoms with E-state index >= 15 is 0 Å². The first-order valence-electron chi connectivity index (χ1n) is 8.37. The second kappa shape index (κ2) is 9.56. The van der Waals surface area contributed by atoms with Crippen molar-refractivity contribution in [1.29, 1.82) is 0 Å². The summed E-state index contributed by atoms with van der Waals surface area (Å²) in [5, 5.41) is 2.73. The number of ketones is 1. The van der Waals surface area contributed by atoms with Crippen LogP contribution in [-0.2, 0) is 19.6 Å². The average Bonchev–Trinajstić information content (AvgIpc) is 2.72. The molecule has 0 aliphatic heterocycles. The summed E-state index contributed by atoms with van der Waals surface area (Å²) in [6, 6.07) is 11.6. The van der Waals surface area contributed by atoms with Crippen LogP contribution >= 0.6 is 0 Å². The van der Waals surface area contributed by atoms with Crippen molar-refractivity contribution in [3.63, 3.8) is 0 Å². The van der Waals surface area contributed by atoms with Gasteiger partial charge in [0.1, 0.15) is 11.4 Å². The third kappa shape index (κ3) is 5.82. The van der Waals surface area contributed by atoms with Gasteiger partial charge < -0.3 is 26.3 Å². The maximum atomic E-state index is 12.5. The summed E-state index contributed by atoms with van der Waals surface area (Å²) < 4.78 is 36.9. The minimum atomic E-state index is -4.05. The number of allylic oxidation sites excluding steroid dienone is 1. The van der Waals surface area contributed by atoms with E-state index in [1.807, 2.05) is 0 Å². The Hall–Kier alpha value is -3.86. The molecule has 0 unspecified atom stereocenters. The van der Waals surface area contributed by atoms with Crippen molar-refractivity contribution >= 4 is 33.4 Å². The van der Waals surface area contributed by atoms with Crippen LogP contribution < -0.4 is 21.5 Å². The minimum Gasteiger partial charge on any atom is -0.497 e. The molecule has 0 saturated heterocycles. The Bertz CT molecular complexity index is 1100. The maximum Gasteiger partial charge on any atom is 0.354 e. The fourth-order valence-corrected chi connectivity index (χ4v) is 3.17. The zero-order chi connectivity index (χ0) is 22.3. The summed E-state index contributed by atoms with van der Waals surface area (Å²) in [6.45, 7) is 0. The molecule has 0 heterocycles. The normalized spacial score (nSPS) is 11.3. The fraction of sp³-hybridized carbons (Fsp3) is 0.105. The van der Waals surface area contributed by atoms with Crippen molar-refractivity contribution in [2.45, 2.75) is 4.90 Å². The van der Waals surface area contributed by atoms with E-state index in [0.717, 1.165) is 6.08 Å². The largest absolute Gasteiger partial charge is 0.497 e. The van der Waals surface area contributed by atoms with Gasteiger partial charge in [-0.3, -0.25) is 4.79 Å². The number of nitrogens with one attached hydrogen (secondary N) is 1. The summed E-state index contributed by atoms with van der Waals surface area (Å²) in [6.07, 6.45) is 1.07. The first kappa shape index (κ1) is 22.4. The number of sulfonamides is 1. The molecule has 0 spiro atoms. The van der Waals surface area contributed by atoms with E-state index in [2.05, 4.69) is 9.71 Å². The van der Waals surface area contributed by atoms with E-state index in [1.165, 1.54) is 44.6 Å². The number of esters is 1. The second-order valence-electron chi connectivity index (χ2n) is 5.79. The molecule has 0 saturated carbocycles. The zero-order valence-electron chi connectivity index (χ0n) is 16.2. The van der Waals surface area contributed by atoms with Crippen LogP contribution in [0.2, 0.25) is 0 Å². The molecule has 0 radical (unpaired) electrons. The molecule has 2 aromatic carbocycles. The number of nitrogens with two attached hydrogens (primary N) is 2. The van der Waals surface area contributed by atoms with E-state index in [1.54, 1.807) is 18.2 Å². The predicted octanol–water partition coefficient (Wildman–Crippen LogP) is 1.01. The molecule has 10 nitrogen and oxygen atoms in total. The Morgan fingerprint density at radius 3 is 2.30 bits per heavy atom. The van der Waals surface area contributed by atoms with Crippen LogP contribution in [0.1, 0.15) is 10.4 Å². The average molecular weight is 432 g/mol. The van der Waals surface area contributed by atoms with Gasteiger partial charge in [-0.25, -0.2) is 4.79 Å². The van der Waals surface area contributed by atoms with Crippen LogP contribution in [0.4, 0.5) is 5.69 Å². The molecule has 0 amide bonds. The number of methoxy groups -OCH3 is 2. The molecule has 2 rings (SSSR count). The van der Waals surface area contributed by atoms with Crippen LogP contribution in [0.25, 0.3) is 0 Å². The van der Waals surface area contributed by atoms with Crippen LogP contribution in [0.3, 0.4) is 0 Å². The number of hydrogen-bond acceptors (Lipinski definition) is 7. The van der Waals surface area contributed by atoms with Gasteiger partial charge in [-0.05, 0) is 36.4 Å². The van der Waals surface area contributed by atoms with Crippen molar-refractivity contribution in [2.24, 2.45) is 15.9 Å². The van der Waals surface area contributed by atoms with Gasteiger partial charge in [0.05, 0.1) is 19.1 Å². The molecule has 0 fully saturated rings. The van der Waals surface area contributed by atoms with Gasteiger partial charge in [-0.2, -0.15) is 8.42 Å². The van der Waals surface area contributed by atoms with Gasteiger partial charge in [-0.15, -0.1) is 4.40 Å². The van der Waals surface area contributed by atoms with Gasteiger partial charge in [0.25, 0.3) is 10.0 Å². The summed E-state index contributed by atoms with van der Waals surface area (Å²) in [5.41, 5.74) is 10.7. The lowest BCUT2D eigenvalue weighted by atomic mass is 10.1. The first-order valence-corrected chi connectivity index (χ1v) is 9.81. The fourth-order valence-electron chi connectivity index (χ4n) is 2.30. The van der Waals surface area contributed by atoms with Crippen LogP contribution in [0, 0.1) is 0 Å². The minimum absolute atomic E-state index is 0.148. The highest BCUT2D eigenvalue weighted by Crippen LogP contribution is 2.19. The van der Waals surface area contributed by atoms with Gasteiger partial charge >= 0.3 is 5.97 Å². The van der Waals surface area contributed by atoms with Crippen molar-refractivity contribution < 1.29 is 27.5 Å². The molecular formula is C19H20N4O6S. The quantitative estimate of drug-likeness (QED) is 0.181. The Morgan fingerprint density at radius 2 is 1.73 bits per heavy atom. The van der Waals surface area contributed by atoms with E-state index in [0.29, 0.717) is 17.0 Å². The van der Waals surface area contributed by atoms with Crippen LogP contribution in [0.15, 0.2) is 69.6 Å². The Morgan fingerprint density at radius 1 is 1.07 bits per heavy atom. The molecule has 5 N–H and O–H groups in total. The van der Waals surface area contributed by atoms with E-state index in [4.69, 9.17) is 20.9 Å². The molecule has 0 atom stereocenters. The maximum absolute atomic E-state index is 12.5. The van der Waals surface area contributed by atoms with Crippen LogP contribution in [-0.4, -0.2) is 40.3 Å². The molecule has 0 bridgehead atoms. The number of carbonyl (C=O) groups excluding carboxylic acids is 2. The smallest absolute Gasteiger partial charge is 0.354 e. The summed E-state index contributed by atoms with van der Waals surface area (Å²) in [7, 11) is -1.41. The number of guanidine groups is 1. The number of anilines is 1. The van der Waals surface area contributed by atoms with E-state index in [9.17, 15) is 18.0 Å². The highest BCUT2D eigenvalue weighted by molar-refractivity contribution is 7.90. The number of rotatable bonds is 8. The molecule has 158 valence electrons. The number of hydrogen-bond donors (Lipinski definition) is 3. The van der Waals surface area contributed by atoms with Crippen LogP contribution in [0.5, 0.6) is 5.75 Å². The lowest BCUT2D eigenvalue weighted by Crippen LogP contribution is -2.24. The van der Waals surface area contributed by atoms with E-state index < -0.39 is 27.7 Å². The molecule has 0 aromatic heterocycles. The van der Waals surface area contributed by atoms with Gasteiger partial charge in [0, 0.05) is 17.3 Å². The lowest BCUT2D eigenvalue weighted by molar-refractivity contribution is -0.135. The van der Waals surface area contributed by atoms with Crippen molar-refractivity contribution in [3.8, 4) is 5.75 Å². The van der Waals surface area contributed by atoms with Crippen molar-refractivity contribution in [3.05, 3.63) is 65.9 Å². The Balaban J connectivity index is 2.30. The Kier molecular flexibility index (Phi) is 7.15. The third-order valence-electron chi connectivity index (χ3n) is 3.69. The van der Waals surface area contributed by atoms with E-state index in [-0.39, 0.29) is 10.6 Å². The molecular weight excluding hydrogens is 412 g/mol. The zero-order valence-corrected chi connectivity index (χ0v) is 17.0. The number of ether oxygens (including phenoxy) is 2. The topological polar surface area (TPSA) is 163 Å². The molecule has 2 aromatic rings. The summed E-state index contributed by atoms with van der Waals surface area (Å²) in [5.74, 6) is -1.36.